The number of pyridine rings is 1. The molecular weight excluding hydrogens is 408 g/mol. The quantitative estimate of drug-likeness (QED) is 0.449. The van der Waals surface area contributed by atoms with Gasteiger partial charge in [0.05, 0.1) is 24.0 Å². The summed E-state index contributed by atoms with van der Waals surface area (Å²) >= 11 is 0. The van der Waals surface area contributed by atoms with E-state index in [0.29, 0.717) is 47.9 Å². The van der Waals surface area contributed by atoms with Crippen molar-refractivity contribution in [3.05, 3.63) is 48.2 Å². The van der Waals surface area contributed by atoms with Gasteiger partial charge in [-0.3, -0.25) is 9.78 Å². The zero-order valence-corrected chi connectivity index (χ0v) is 17.8. The van der Waals surface area contributed by atoms with Crippen LogP contribution >= 0.6 is 0 Å². The van der Waals surface area contributed by atoms with Crippen molar-refractivity contribution >= 4 is 17.4 Å². The van der Waals surface area contributed by atoms with Gasteiger partial charge in [-0.2, -0.15) is 15.2 Å². The maximum absolute atomic E-state index is 12.5. The van der Waals surface area contributed by atoms with Crippen molar-refractivity contribution in [3.63, 3.8) is 0 Å². The first-order valence-electron chi connectivity index (χ1n) is 10.3. The van der Waals surface area contributed by atoms with E-state index >= 15 is 0 Å². The lowest BCUT2D eigenvalue weighted by Gasteiger charge is -2.09. The highest BCUT2D eigenvalue weighted by Crippen LogP contribution is 2.19. The van der Waals surface area contributed by atoms with E-state index in [-0.39, 0.29) is 11.8 Å². The number of nitrogens with one attached hydrogen (secondary N) is 1. The number of carbonyl (C=O) groups is 1. The fraction of sp³-hybridized carbons (Fsp3) is 0.333. The largest absolute Gasteiger partial charge is 0.309 e. The van der Waals surface area contributed by atoms with Crippen LogP contribution in [0.4, 0.5) is 5.82 Å². The summed E-state index contributed by atoms with van der Waals surface area (Å²) in [6.07, 6.45) is 6.64. The van der Waals surface area contributed by atoms with Gasteiger partial charge in [0.1, 0.15) is 6.07 Å². The van der Waals surface area contributed by atoms with Crippen LogP contribution in [0, 0.1) is 17.2 Å². The minimum Gasteiger partial charge on any atom is -0.309 e. The lowest BCUT2D eigenvalue weighted by Crippen LogP contribution is -2.16. The van der Waals surface area contributed by atoms with Crippen LogP contribution in [0.5, 0.6) is 0 Å². The Morgan fingerprint density at radius 3 is 2.94 bits per heavy atom. The molecule has 0 aliphatic rings. The number of fused-ring (bicyclic) bond motifs is 1. The molecule has 0 saturated carbocycles. The van der Waals surface area contributed by atoms with Crippen LogP contribution in [0.1, 0.15) is 38.1 Å². The number of carbonyl (C=O) groups excluding carboxylic acids is 1. The molecule has 32 heavy (non-hydrogen) atoms. The van der Waals surface area contributed by atoms with Crippen LogP contribution in [0.25, 0.3) is 16.9 Å². The summed E-state index contributed by atoms with van der Waals surface area (Å²) < 4.78 is 1.59. The number of aromatic nitrogens is 8. The zero-order chi connectivity index (χ0) is 22.5. The third-order valence-electron chi connectivity index (χ3n) is 4.92. The molecule has 11 heteroatoms. The molecule has 0 saturated heterocycles. The molecule has 162 valence electrons. The molecule has 4 rings (SSSR count). The number of nitrogens with zero attached hydrogens (tertiary/aromatic N) is 9. The second-order valence-corrected chi connectivity index (χ2v) is 7.51. The van der Waals surface area contributed by atoms with Gasteiger partial charge in [0.2, 0.25) is 5.91 Å². The molecule has 11 nitrogen and oxygen atoms in total. The Morgan fingerprint density at radius 2 is 2.16 bits per heavy atom. The van der Waals surface area contributed by atoms with Gasteiger partial charge < -0.3 is 5.32 Å². The molecule has 0 aliphatic carbocycles. The normalized spacial score (nSPS) is 11.9. The molecule has 0 radical (unpaired) electrons. The average Bonchev–Trinajstić information content (AvgIpc) is 3.43. The predicted octanol–water partition coefficient (Wildman–Crippen LogP) is 2.27. The molecule has 4 aromatic heterocycles. The molecule has 0 aromatic carbocycles. The standard InChI is InChI=1S/C21H22N10O/c1-3-31-28-18(26-29-31)6-4-14(2)8-21(32)25-19-13-30-20(24-19)7-5-17(27-30)16-9-15(10-22)11-23-12-16/h5,7,9,11-14H,3-4,6,8H2,1-2H3,(H,25,32). The van der Waals surface area contributed by atoms with E-state index in [9.17, 15) is 4.79 Å². The Labute approximate surface area is 184 Å². The molecule has 4 heterocycles. The smallest absolute Gasteiger partial charge is 0.225 e. The average molecular weight is 430 g/mol. The van der Waals surface area contributed by atoms with Gasteiger partial charge in [0.25, 0.3) is 0 Å². The maximum Gasteiger partial charge on any atom is 0.225 e. The molecule has 0 spiro atoms. The fourth-order valence-corrected chi connectivity index (χ4v) is 3.24. The number of imidazole rings is 1. The van der Waals surface area contributed by atoms with Crippen molar-refractivity contribution in [2.24, 2.45) is 5.92 Å². The lowest BCUT2D eigenvalue weighted by molar-refractivity contribution is -0.117. The topological polar surface area (TPSA) is 140 Å². The molecule has 0 bridgehead atoms. The number of amides is 1. The molecule has 0 aliphatic heterocycles. The summed E-state index contributed by atoms with van der Waals surface area (Å²) in [7, 11) is 0. The highest BCUT2D eigenvalue weighted by Gasteiger charge is 2.13. The highest BCUT2D eigenvalue weighted by molar-refractivity contribution is 5.90. The molecule has 1 unspecified atom stereocenters. The van der Waals surface area contributed by atoms with Gasteiger partial charge >= 0.3 is 0 Å². The Bertz CT molecular complexity index is 1290. The van der Waals surface area contributed by atoms with Crippen molar-refractivity contribution < 1.29 is 4.79 Å². The Balaban J connectivity index is 1.37. The fourth-order valence-electron chi connectivity index (χ4n) is 3.24. The number of tetrazole rings is 1. The SMILES string of the molecule is CCn1nnc(CCC(C)CC(=O)Nc2cn3nc(-c4cncc(C#N)c4)ccc3n2)n1. The van der Waals surface area contributed by atoms with E-state index in [1.165, 1.54) is 6.20 Å². The van der Waals surface area contributed by atoms with E-state index < -0.39 is 0 Å². The van der Waals surface area contributed by atoms with Gasteiger partial charge in [-0.05, 0) is 42.7 Å². The number of nitriles is 1. The van der Waals surface area contributed by atoms with E-state index in [4.69, 9.17) is 5.26 Å². The maximum atomic E-state index is 12.5. The minimum absolute atomic E-state index is 0.114. The number of hydrogen-bond donors (Lipinski definition) is 1. The number of hydrogen-bond acceptors (Lipinski definition) is 8. The molecular formula is C21H22N10O. The molecule has 1 amide bonds. The Morgan fingerprint density at radius 1 is 1.28 bits per heavy atom. The summed E-state index contributed by atoms with van der Waals surface area (Å²) in [6.45, 7) is 4.66. The van der Waals surface area contributed by atoms with Crippen molar-refractivity contribution in [2.45, 2.75) is 39.7 Å². The van der Waals surface area contributed by atoms with Gasteiger partial charge in [-0.1, -0.05) is 6.92 Å². The third kappa shape index (κ3) is 4.92. The van der Waals surface area contributed by atoms with Gasteiger partial charge in [-0.15, -0.1) is 10.2 Å². The van der Waals surface area contributed by atoms with Crippen molar-refractivity contribution in [3.8, 4) is 17.3 Å². The van der Waals surface area contributed by atoms with Gasteiger partial charge in [0, 0.05) is 30.8 Å². The molecule has 0 fully saturated rings. The van der Waals surface area contributed by atoms with Crippen molar-refractivity contribution in [1.29, 1.82) is 5.26 Å². The van der Waals surface area contributed by atoms with Crippen molar-refractivity contribution in [2.75, 3.05) is 5.32 Å². The second kappa shape index (κ2) is 9.30. The van der Waals surface area contributed by atoms with Gasteiger partial charge in [-0.25, -0.2) is 9.50 Å². The molecule has 1 atom stereocenters. The predicted molar refractivity (Wildman–Crippen MR) is 115 cm³/mol. The van der Waals surface area contributed by atoms with Crippen LogP contribution < -0.4 is 5.32 Å². The second-order valence-electron chi connectivity index (χ2n) is 7.51. The minimum atomic E-state index is -0.114. The summed E-state index contributed by atoms with van der Waals surface area (Å²) in [6, 6.07) is 7.40. The lowest BCUT2D eigenvalue weighted by atomic mass is 10.0. The van der Waals surface area contributed by atoms with Gasteiger partial charge in [0.15, 0.2) is 17.3 Å². The number of rotatable bonds is 8. The molecule has 4 aromatic rings. The third-order valence-corrected chi connectivity index (χ3v) is 4.92. The first kappa shape index (κ1) is 21.0. The summed E-state index contributed by atoms with van der Waals surface area (Å²) in [5.74, 6) is 1.17. The van der Waals surface area contributed by atoms with Crippen molar-refractivity contribution in [1.82, 2.24) is 39.8 Å². The zero-order valence-electron chi connectivity index (χ0n) is 17.8. The van der Waals surface area contributed by atoms with Crippen LogP contribution in [0.3, 0.4) is 0 Å². The van der Waals surface area contributed by atoms with E-state index in [0.717, 1.165) is 12.0 Å². The summed E-state index contributed by atoms with van der Waals surface area (Å²) in [5, 5.41) is 28.6. The summed E-state index contributed by atoms with van der Waals surface area (Å²) in [5.41, 5.74) is 2.45. The summed E-state index contributed by atoms with van der Waals surface area (Å²) in [4.78, 5) is 22.5. The Hall–Kier alpha value is -4.20. The first-order chi connectivity index (χ1) is 15.5. The van der Waals surface area contributed by atoms with Crippen LogP contribution in [-0.2, 0) is 17.8 Å². The monoisotopic (exact) mass is 430 g/mol. The van der Waals surface area contributed by atoms with Crippen LogP contribution in [0.15, 0.2) is 36.8 Å². The number of anilines is 1. The van der Waals surface area contributed by atoms with E-state index in [1.54, 1.807) is 39.9 Å². The van der Waals surface area contributed by atoms with E-state index in [2.05, 4.69) is 41.9 Å². The molecule has 1 N–H and O–H groups in total. The highest BCUT2D eigenvalue weighted by atomic mass is 16.1. The number of aryl methyl sites for hydroxylation is 2. The Kier molecular flexibility index (Phi) is 6.12. The van der Waals surface area contributed by atoms with Crippen LogP contribution in [-0.4, -0.2) is 45.7 Å². The van der Waals surface area contributed by atoms with Crippen LogP contribution in [0.2, 0.25) is 0 Å². The first-order valence-corrected chi connectivity index (χ1v) is 10.3. The van der Waals surface area contributed by atoms with E-state index in [1.807, 2.05) is 13.8 Å².